The molecule has 0 aromatic heterocycles. The van der Waals surface area contributed by atoms with Crippen molar-refractivity contribution in [2.75, 3.05) is 6.61 Å². The maximum absolute atomic E-state index is 10.1. The van der Waals surface area contributed by atoms with Gasteiger partial charge >= 0.3 is 0 Å². The fraction of sp³-hybridized carbons (Fsp3) is 0.600. The van der Waals surface area contributed by atoms with Gasteiger partial charge < -0.3 is 14.6 Å². The van der Waals surface area contributed by atoms with E-state index in [4.69, 9.17) is 9.47 Å². The van der Waals surface area contributed by atoms with Crippen molar-refractivity contribution in [3.05, 3.63) is 28.8 Å². The Hall–Kier alpha value is -1.06. The maximum atomic E-state index is 10.1. The van der Waals surface area contributed by atoms with E-state index in [9.17, 15) is 5.11 Å². The van der Waals surface area contributed by atoms with Crippen molar-refractivity contribution in [3.63, 3.8) is 0 Å². The van der Waals surface area contributed by atoms with E-state index in [1.54, 1.807) is 13.8 Å². The van der Waals surface area contributed by atoms with Gasteiger partial charge in [-0.3, -0.25) is 0 Å². The lowest BCUT2D eigenvalue weighted by atomic mass is 9.89. The van der Waals surface area contributed by atoms with Crippen LogP contribution in [0.3, 0.4) is 0 Å². The van der Waals surface area contributed by atoms with Gasteiger partial charge in [-0.25, -0.2) is 0 Å². The SMILES string of the molecule is CCOc1cc(C(C)(C)O)cc2c1C(C)(C)OC2. The number of benzene rings is 1. The fourth-order valence-corrected chi connectivity index (χ4v) is 2.42. The van der Waals surface area contributed by atoms with Gasteiger partial charge in [-0.1, -0.05) is 0 Å². The lowest BCUT2D eigenvalue weighted by Crippen LogP contribution is -2.19. The molecule has 1 aromatic rings. The molecular formula is C15H22O3. The first-order valence-electron chi connectivity index (χ1n) is 6.42. The minimum absolute atomic E-state index is 0.321. The molecule has 1 heterocycles. The first-order chi connectivity index (χ1) is 8.25. The van der Waals surface area contributed by atoms with Crippen molar-refractivity contribution in [1.29, 1.82) is 0 Å². The van der Waals surface area contributed by atoms with Crippen LogP contribution in [0.15, 0.2) is 12.1 Å². The van der Waals surface area contributed by atoms with Crippen molar-refractivity contribution in [1.82, 2.24) is 0 Å². The smallest absolute Gasteiger partial charge is 0.126 e. The van der Waals surface area contributed by atoms with Crippen molar-refractivity contribution in [3.8, 4) is 5.75 Å². The number of fused-ring (bicyclic) bond motifs is 1. The first-order valence-corrected chi connectivity index (χ1v) is 6.42. The number of hydrogen-bond acceptors (Lipinski definition) is 3. The van der Waals surface area contributed by atoms with E-state index in [1.807, 2.05) is 32.9 Å². The summed E-state index contributed by atoms with van der Waals surface area (Å²) in [5, 5.41) is 10.1. The fourth-order valence-electron chi connectivity index (χ4n) is 2.42. The lowest BCUT2D eigenvalue weighted by Gasteiger charge is -2.24. The quantitative estimate of drug-likeness (QED) is 0.896. The van der Waals surface area contributed by atoms with Crippen LogP contribution in [0.2, 0.25) is 0 Å². The molecule has 0 unspecified atom stereocenters. The molecule has 0 saturated heterocycles. The molecule has 3 nitrogen and oxygen atoms in total. The zero-order valence-electron chi connectivity index (χ0n) is 11.8. The van der Waals surface area contributed by atoms with Gasteiger partial charge in [-0.15, -0.1) is 0 Å². The molecule has 0 fully saturated rings. The van der Waals surface area contributed by atoms with Gasteiger partial charge in [0.25, 0.3) is 0 Å². The summed E-state index contributed by atoms with van der Waals surface area (Å²) < 4.78 is 11.5. The van der Waals surface area contributed by atoms with Crippen LogP contribution in [-0.2, 0) is 22.5 Å². The summed E-state index contributed by atoms with van der Waals surface area (Å²) in [5.41, 5.74) is 1.90. The van der Waals surface area contributed by atoms with Crippen LogP contribution < -0.4 is 4.74 Å². The molecule has 0 saturated carbocycles. The Labute approximate surface area is 109 Å². The summed E-state index contributed by atoms with van der Waals surface area (Å²) in [6.07, 6.45) is 0. The minimum Gasteiger partial charge on any atom is -0.493 e. The van der Waals surface area contributed by atoms with E-state index in [0.717, 1.165) is 22.4 Å². The van der Waals surface area contributed by atoms with Crippen LogP contribution in [0.1, 0.15) is 51.3 Å². The third kappa shape index (κ3) is 2.25. The molecule has 0 bridgehead atoms. The second-order valence-corrected chi connectivity index (χ2v) is 5.80. The molecule has 0 atom stereocenters. The Balaban J connectivity index is 2.59. The molecule has 2 rings (SSSR count). The molecule has 0 amide bonds. The maximum Gasteiger partial charge on any atom is 0.126 e. The third-order valence-electron chi connectivity index (χ3n) is 3.38. The second-order valence-electron chi connectivity index (χ2n) is 5.80. The minimum atomic E-state index is -0.867. The van der Waals surface area contributed by atoms with Crippen molar-refractivity contribution >= 4 is 0 Å². The second kappa shape index (κ2) is 4.25. The summed E-state index contributed by atoms with van der Waals surface area (Å²) in [7, 11) is 0. The summed E-state index contributed by atoms with van der Waals surface area (Å²) in [5.74, 6) is 0.828. The summed E-state index contributed by atoms with van der Waals surface area (Å²) >= 11 is 0. The van der Waals surface area contributed by atoms with Crippen LogP contribution in [0.25, 0.3) is 0 Å². The van der Waals surface area contributed by atoms with Gasteiger partial charge in [0.05, 0.1) is 24.4 Å². The van der Waals surface area contributed by atoms with Crippen molar-refractivity contribution < 1.29 is 14.6 Å². The molecular weight excluding hydrogens is 228 g/mol. The van der Waals surface area contributed by atoms with Crippen molar-refractivity contribution in [2.45, 2.75) is 52.4 Å². The molecule has 1 aromatic carbocycles. The molecule has 1 aliphatic rings. The monoisotopic (exact) mass is 250 g/mol. The van der Waals surface area contributed by atoms with Gasteiger partial charge in [0.1, 0.15) is 5.75 Å². The molecule has 3 heteroatoms. The van der Waals surface area contributed by atoms with Crippen LogP contribution >= 0.6 is 0 Å². The molecule has 0 spiro atoms. The van der Waals surface area contributed by atoms with E-state index in [1.165, 1.54) is 0 Å². The van der Waals surface area contributed by atoms with E-state index in [0.29, 0.717) is 13.2 Å². The average molecular weight is 250 g/mol. The highest BCUT2D eigenvalue weighted by molar-refractivity contribution is 5.49. The van der Waals surface area contributed by atoms with E-state index < -0.39 is 5.60 Å². The average Bonchev–Trinajstić information content (AvgIpc) is 2.54. The van der Waals surface area contributed by atoms with E-state index >= 15 is 0 Å². The number of rotatable bonds is 3. The van der Waals surface area contributed by atoms with Gasteiger partial charge in [0, 0.05) is 5.56 Å². The summed E-state index contributed by atoms with van der Waals surface area (Å²) in [6, 6.07) is 3.95. The Morgan fingerprint density at radius 3 is 2.61 bits per heavy atom. The first kappa shape index (κ1) is 13.4. The van der Waals surface area contributed by atoms with Gasteiger partial charge in [-0.2, -0.15) is 0 Å². The Morgan fingerprint density at radius 1 is 1.39 bits per heavy atom. The van der Waals surface area contributed by atoms with Crippen LogP contribution in [0.4, 0.5) is 0 Å². The van der Waals surface area contributed by atoms with Crippen LogP contribution in [0, 0.1) is 0 Å². The zero-order chi connectivity index (χ0) is 13.6. The van der Waals surface area contributed by atoms with E-state index in [-0.39, 0.29) is 5.60 Å². The topological polar surface area (TPSA) is 38.7 Å². The number of ether oxygens (including phenoxy) is 2. The highest BCUT2D eigenvalue weighted by Crippen LogP contribution is 2.43. The van der Waals surface area contributed by atoms with Crippen LogP contribution in [-0.4, -0.2) is 11.7 Å². The normalized spacial score (nSPS) is 17.7. The Bertz CT molecular complexity index is 456. The Kier molecular flexibility index (Phi) is 3.16. The lowest BCUT2D eigenvalue weighted by molar-refractivity contribution is -0.00911. The predicted molar refractivity (Wildman–Crippen MR) is 70.7 cm³/mol. The summed E-state index contributed by atoms with van der Waals surface area (Å²) in [6.45, 7) is 10.8. The van der Waals surface area contributed by atoms with Crippen molar-refractivity contribution in [2.24, 2.45) is 0 Å². The van der Waals surface area contributed by atoms with E-state index in [2.05, 4.69) is 0 Å². The molecule has 0 radical (unpaired) electrons. The standard InChI is InChI=1S/C15H22O3/c1-6-17-12-8-11(14(2,3)16)7-10-9-18-15(4,5)13(10)12/h7-8,16H,6,9H2,1-5H3. The summed E-state index contributed by atoms with van der Waals surface area (Å²) in [4.78, 5) is 0. The number of aliphatic hydroxyl groups is 1. The molecule has 1 N–H and O–H groups in total. The van der Waals surface area contributed by atoms with Gasteiger partial charge in [0.2, 0.25) is 0 Å². The third-order valence-corrected chi connectivity index (χ3v) is 3.38. The van der Waals surface area contributed by atoms with Gasteiger partial charge in [0.15, 0.2) is 0 Å². The van der Waals surface area contributed by atoms with Crippen LogP contribution in [0.5, 0.6) is 5.75 Å². The molecule has 1 aliphatic heterocycles. The zero-order valence-corrected chi connectivity index (χ0v) is 11.8. The highest BCUT2D eigenvalue weighted by atomic mass is 16.5. The molecule has 100 valence electrons. The van der Waals surface area contributed by atoms with Gasteiger partial charge in [-0.05, 0) is 57.9 Å². The largest absolute Gasteiger partial charge is 0.493 e. The predicted octanol–water partition coefficient (Wildman–Crippen LogP) is 3.08. The molecule has 18 heavy (non-hydrogen) atoms. The molecule has 0 aliphatic carbocycles. The number of hydrogen-bond donors (Lipinski definition) is 1. The highest BCUT2D eigenvalue weighted by Gasteiger charge is 2.35. The Morgan fingerprint density at radius 2 is 2.06 bits per heavy atom.